The highest BCUT2D eigenvalue weighted by atomic mass is 35.5. The number of hydrogen-bond donors (Lipinski definition) is 1. The maximum Gasteiger partial charge on any atom is 0.225 e. The van der Waals surface area contributed by atoms with Crippen molar-refractivity contribution in [2.45, 2.75) is 51.5 Å². The number of hydrogen-bond acceptors (Lipinski definition) is 2. The van der Waals surface area contributed by atoms with E-state index in [1.54, 1.807) is 0 Å². The minimum absolute atomic E-state index is 0. The molecular weight excluding hydrogens is 236 g/mol. The summed E-state index contributed by atoms with van der Waals surface area (Å²) in [5.74, 6) is 1.25. The molecule has 1 aliphatic carbocycles. The zero-order valence-electron chi connectivity index (χ0n) is 10.7. The molecule has 0 aromatic heterocycles. The van der Waals surface area contributed by atoms with Crippen LogP contribution in [-0.2, 0) is 4.79 Å². The second-order valence-corrected chi connectivity index (χ2v) is 5.51. The van der Waals surface area contributed by atoms with Crippen molar-refractivity contribution in [1.29, 1.82) is 0 Å². The van der Waals surface area contributed by atoms with Crippen molar-refractivity contribution in [3.8, 4) is 0 Å². The summed E-state index contributed by atoms with van der Waals surface area (Å²) in [6.45, 7) is 3.78. The maximum atomic E-state index is 12.4. The summed E-state index contributed by atoms with van der Waals surface area (Å²) >= 11 is 0. The summed E-state index contributed by atoms with van der Waals surface area (Å²) in [7, 11) is 0. The van der Waals surface area contributed by atoms with Crippen LogP contribution >= 0.6 is 12.4 Å². The first-order chi connectivity index (χ1) is 7.72. The van der Waals surface area contributed by atoms with Gasteiger partial charge in [-0.25, -0.2) is 0 Å². The zero-order valence-corrected chi connectivity index (χ0v) is 11.5. The molecule has 2 fully saturated rings. The Hall–Kier alpha value is -0.280. The number of amides is 1. The molecule has 1 aliphatic heterocycles. The van der Waals surface area contributed by atoms with E-state index in [0.717, 1.165) is 32.4 Å². The predicted octanol–water partition coefficient (Wildman–Crippen LogP) is 2.18. The van der Waals surface area contributed by atoms with Crippen molar-refractivity contribution in [2.75, 3.05) is 13.1 Å². The molecule has 2 atom stereocenters. The molecule has 4 heteroatoms. The number of halogens is 1. The lowest BCUT2D eigenvalue weighted by Crippen LogP contribution is -2.39. The van der Waals surface area contributed by atoms with Crippen molar-refractivity contribution in [3.63, 3.8) is 0 Å². The number of carbonyl (C=O) groups excluding carboxylic acids is 1. The number of carbonyl (C=O) groups is 1. The van der Waals surface area contributed by atoms with Gasteiger partial charge in [-0.2, -0.15) is 0 Å². The molecule has 2 unspecified atom stereocenters. The molecule has 1 amide bonds. The van der Waals surface area contributed by atoms with E-state index >= 15 is 0 Å². The molecule has 0 bridgehead atoms. The van der Waals surface area contributed by atoms with Crippen LogP contribution in [0.2, 0.25) is 0 Å². The van der Waals surface area contributed by atoms with E-state index in [4.69, 9.17) is 5.73 Å². The van der Waals surface area contributed by atoms with Gasteiger partial charge in [-0.1, -0.05) is 19.3 Å². The number of rotatable bonds is 2. The minimum atomic E-state index is 0. The van der Waals surface area contributed by atoms with Crippen LogP contribution in [-0.4, -0.2) is 29.9 Å². The summed E-state index contributed by atoms with van der Waals surface area (Å²) < 4.78 is 0. The van der Waals surface area contributed by atoms with E-state index in [1.807, 2.05) is 0 Å². The predicted molar refractivity (Wildman–Crippen MR) is 72.2 cm³/mol. The van der Waals surface area contributed by atoms with Gasteiger partial charge in [-0.3, -0.25) is 4.79 Å². The fourth-order valence-electron chi connectivity index (χ4n) is 3.20. The Bertz CT molecular complexity index is 254. The Morgan fingerprint density at radius 2 is 1.94 bits per heavy atom. The van der Waals surface area contributed by atoms with E-state index in [2.05, 4.69) is 11.8 Å². The Morgan fingerprint density at radius 3 is 2.47 bits per heavy atom. The normalized spacial score (nSPS) is 30.1. The Morgan fingerprint density at radius 1 is 1.29 bits per heavy atom. The lowest BCUT2D eigenvalue weighted by Gasteiger charge is -2.29. The molecule has 100 valence electrons. The molecule has 3 nitrogen and oxygen atoms in total. The van der Waals surface area contributed by atoms with E-state index in [0.29, 0.717) is 23.8 Å². The van der Waals surface area contributed by atoms with E-state index in [9.17, 15) is 4.79 Å². The highest BCUT2D eigenvalue weighted by Gasteiger charge is 2.35. The van der Waals surface area contributed by atoms with Gasteiger partial charge in [0.05, 0.1) is 0 Å². The van der Waals surface area contributed by atoms with Gasteiger partial charge in [0, 0.05) is 18.5 Å². The average Bonchev–Trinajstić information content (AvgIpc) is 2.71. The summed E-state index contributed by atoms with van der Waals surface area (Å²) in [5, 5.41) is 0. The van der Waals surface area contributed by atoms with Crippen LogP contribution in [0.5, 0.6) is 0 Å². The molecule has 0 aromatic rings. The fraction of sp³-hybridized carbons (Fsp3) is 0.923. The number of likely N-dealkylation sites (tertiary alicyclic amines) is 1. The third-order valence-corrected chi connectivity index (χ3v) is 4.23. The van der Waals surface area contributed by atoms with E-state index in [1.165, 1.54) is 19.3 Å². The average molecular weight is 261 g/mol. The maximum absolute atomic E-state index is 12.4. The molecule has 0 spiro atoms. The summed E-state index contributed by atoms with van der Waals surface area (Å²) in [5.41, 5.74) is 5.70. The standard InChI is InChI=1S/C13H24N2O.ClH/c1-10-7-11(8-14)9-15(10)13(16)12-5-3-2-4-6-12;/h10-12H,2-9,14H2,1H3;1H. The van der Waals surface area contributed by atoms with Crippen LogP contribution in [0.3, 0.4) is 0 Å². The molecule has 0 radical (unpaired) electrons. The number of nitrogens with two attached hydrogens (primary N) is 1. The van der Waals surface area contributed by atoms with Crippen LogP contribution in [0.15, 0.2) is 0 Å². The van der Waals surface area contributed by atoms with Gasteiger partial charge in [0.25, 0.3) is 0 Å². The van der Waals surface area contributed by atoms with Gasteiger partial charge in [0.1, 0.15) is 0 Å². The third-order valence-electron chi connectivity index (χ3n) is 4.23. The number of nitrogens with zero attached hydrogens (tertiary/aromatic N) is 1. The molecule has 1 saturated carbocycles. The first kappa shape index (κ1) is 14.8. The van der Waals surface area contributed by atoms with Crippen molar-refractivity contribution >= 4 is 18.3 Å². The van der Waals surface area contributed by atoms with E-state index < -0.39 is 0 Å². The molecule has 2 aliphatic rings. The van der Waals surface area contributed by atoms with Gasteiger partial charge in [0.2, 0.25) is 5.91 Å². The van der Waals surface area contributed by atoms with Crippen LogP contribution in [0.25, 0.3) is 0 Å². The minimum Gasteiger partial charge on any atom is -0.339 e. The lowest BCUT2D eigenvalue weighted by atomic mass is 9.88. The Kier molecular flexibility index (Phi) is 5.74. The quantitative estimate of drug-likeness (QED) is 0.827. The van der Waals surface area contributed by atoms with Crippen LogP contribution in [0.4, 0.5) is 0 Å². The molecule has 1 heterocycles. The highest BCUT2D eigenvalue weighted by molar-refractivity contribution is 5.85. The smallest absolute Gasteiger partial charge is 0.225 e. The first-order valence-electron chi connectivity index (χ1n) is 6.73. The lowest BCUT2D eigenvalue weighted by molar-refractivity contribution is -0.137. The first-order valence-corrected chi connectivity index (χ1v) is 6.73. The molecule has 1 saturated heterocycles. The second-order valence-electron chi connectivity index (χ2n) is 5.51. The van der Waals surface area contributed by atoms with Gasteiger partial charge in [0.15, 0.2) is 0 Å². The van der Waals surface area contributed by atoms with Crippen molar-refractivity contribution in [1.82, 2.24) is 4.90 Å². The van der Waals surface area contributed by atoms with E-state index in [-0.39, 0.29) is 12.4 Å². The zero-order chi connectivity index (χ0) is 11.5. The van der Waals surface area contributed by atoms with Crippen molar-refractivity contribution in [3.05, 3.63) is 0 Å². The Labute approximate surface area is 111 Å². The van der Waals surface area contributed by atoms with Gasteiger partial charge >= 0.3 is 0 Å². The van der Waals surface area contributed by atoms with Crippen molar-refractivity contribution < 1.29 is 4.79 Å². The van der Waals surface area contributed by atoms with Gasteiger partial charge in [-0.05, 0) is 38.6 Å². The molecule has 2 rings (SSSR count). The molecule has 0 aromatic carbocycles. The largest absolute Gasteiger partial charge is 0.339 e. The SMILES string of the molecule is CC1CC(CN)CN1C(=O)C1CCCCC1.Cl. The summed E-state index contributed by atoms with van der Waals surface area (Å²) in [6.07, 6.45) is 7.09. The van der Waals surface area contributed by atoms with Gasteiger partial charge in [-0.15, -0.1) is 12.4 Å². The third kappa shape index (κ3) is 3.35. The topological polar surface area (TPSA) is 46.3 Å². The highest BCUT2D eigenvalue weighted by Crippen LogP contribution is 2.30. The van der Waals surface area contributed by atoms with Crippen molar-refractivity contribution in [2.24, 2.45) is 17.6 Å². The van der Waals surface area contributed by atoms with Crippen LogP contribution in [0, 0.1) is 11.8 Å². The molecule has 2 N–H and O–H groups in total. The summed E-state index contributed by atoms with van der Waals surface area (Å²) in [4.78, 5) is 14.4. The fourth-order valence-corrected chi connectivity index (χ4v) is 3.20. The Balaban J connectivity index is 0.00000144. The summed E-state index contributed by atoms with van der Waals surface area (Å²) in [6, 6.07) is 0.406. The monoisotopic (exact) mass is 260 g/mol. The molecular formula is C13H25ClN2O. The van der Waals surface area contributed by atoms with Gasteiger partial charge < -0.3 is 10.6 Å². The van der Waals surface area contributed by atoms with Crippen LogP contribution in [0.1, 0.15) is 45.4 Å². The second kappa shape index (κ2) is 6.60. The van der Waals surface area contributed by atoms with Crippen LogP contribution < -0.4 is 5.73 Å². The molecule has 17 heavy (non-hydrogen) atoms.